The van der Waals surface area contributed by atoms with Gasteiger partial charge in [0.1, 0.15) is 5.82 Å². The number of aryl methyl sites for hydroxylation is 1. The van der Waals surface area contributed by atoms with Crippen molar-refractivity contribution < 1.29 is 0 Å². The number of aromatic nitrogens is 4. The molecule has 3 aromatic heterocycles. The Bertz CT molecular complexity index is 1200. The van der Waals surface area contributed by atoms with Gasteiger partial charge >= 0.3 is 0 Å². The molecule has 5 aromatic rings. The van der Waals surface area contributed by atoms with E-state index in [4.69, 9.17) is 4.98 Å². The van der Waals surface area contributed by atoms with Crippen LogP contribution in [0.2, 0.25) is 0 Å². The van der Waals surface area contributed by atoms with Gasteiger partial charge in [0.05, 0.1) is 26.9 Å². The van der Waals surface area contributed by atoms with Gasteiger partial charge in [-0.2, -0.15) is 5.10 Å². The van der Waals surface area contributed by atoms with Crippen molar-refractivity contribution >= 4 is 49.6 Å². The summed E-state index contributed by atoms with van der Waals surface area (Å²) in [5.41, 5.74) is 6.66. The molecule has 0 unspecified atom stereocenters. The van der Waals surface area contributed by atoms with Crippen LogP contribution >= 0.6 is 11.3 Å². The van der Waals surface area contributed by atoms with Crippen LogP contribution in [0.1, 0.15) is 5.69 Å². The zero-order valence-corrected chi connectivity index (χ0v) is 13.7. The van der Waals surface area contributed by atoms with Crippen LogP contribution in [-0.4, -0.2) is 19.6 Å². The summed E-state index contributed by atoms with van der Waals surface area (Å²) in [6, 6.07) is 16.3. The average Bonchev–Trinajstić information content (AvgIpc) is 3.20. The van der Waals surface area contributed by atoms with Crippen molar-refractivity contribution in [3.05, 3.63) is 59.7 Å². The number of para-hydroxylation sites is 1. The zero-order valence-electron chi connectivity index (χ0n) is 12.9. The van der Waals surface area contributed by atoms with E-state index in [1.54, 1.807) is 11.3 Å². The second-order valence-electron chi connectivity index (χ2n) is 5.69. The summed E-state index contributed by atoms with van der Waals surface area (Å²) < 4.78 is 3.07. The molecule has 0 saturated heterocycles. The number of anilines is 2. The summed E-state index contributed by atoms with van der Waals surface area (Å²) in [7, 11) is 0. The van der Waals surface area contributed by atoms with E-state index in [2.05, 4.69) is 39.7 Å². The highest BCUT2D eigenvalue weighted by molar-refractivity contribution is 7.16. The minimum absolute atomic E-state index is 0.826. The first kappa shape index (κ1) is 13.4. The molecular formula is C18H13N5S. The van der Waals surface area contributed by atoms with Gasteiger partial charge in [-0.05, 0) is 37.3 Å². The Morgan fingerprint density at radius 2 is 2.00 bits per heavy atom. The minimum Gasteiger partial charge on any atom is -0.340 e. The number of rotatable bonds is 2. The van der Waals surface area contributed by atoms with Gasteiger partial charge in [0, 0.05) is 17.1 Å². The van der Waals surface area contributed by atoms with Gasteiger partial charge in [0.15, 0.2) is 5.65 Å². The number of nitrogens with one attached hydrogen (secondary N) is 1. The van der Waals surface area contributed by atoms with Crippen molar-refractivity contribution in [2.75, 3.05) is 5.32 Å². The molecule has 0 spiro atoms. The van der Waals surface area contributed by atoms with Gasteiger partial charge in [-0.15, -0.1) is 11.3 Å². The van der Waals surface area contributed by atoms with E-state index in [1.807, 2.05) is 41.2 Å². The predicted octanol–water partition coefficient (Wildman–Crippen LogP) is 4.54. The number of benzene rings is 2. The zero-order chi connectivity index (χ0) is 16.1. The Labute approximate surface area is 141 Å². The quantitative estimate of drug-likeness (QED) is 0.516. The maximum Gasteiger partial charge on any atom is 0.158 e. The van der Waals surface area contributed by atoms with E-state index in [9.17, 15) is 0 Å². The molecule has 0 bridgehead atoms. The van der Waals surface area contributed by atoms with Crippen LogP contribution in [0.5, 0.6) is 0 Å². The number of fused-ring (bicyclic) bond motifs is 4. The lowest BCUT2D eigenvalue weighted by atomic mass is 10.2. The summed E-state index contributed by atoms with van der Waals surface area (Å²) in [6.45, 7) is 1.98. The molecule has 6 heteroatoms. The van der Waals surface area contributed by atoms with E-state index in [-0.39, 0.29) is 0 Å². The van der Waals surface area contributed by atoms with E-state index in [0.29, 0.717) is 0 Å². The first-order valence-corrected chi connectivity index (χ1v) is 8.51. The molecular weight excluding hydrogens is 318 g/mol. The first-order chi connectivity index (χ1) is 11.8. The SMILES string of the molecule is Cc1cc2nc(Nc3ccc4scnc4c3)c3ccccc3n2n1. The van der Waals surface area contributed by atoms with Gasteiger partial charge in [-0.3, -0.25) is 0 Å². The topological polar surface area (TPSA) is 55.1 Å². The smallest absolute Gasteiger partial charge is 0.158 e. The summed E-state index contributed by atoms with van der Waals surface area (Å²) in [5.74, 6) is 0.826. The summed E-state index contributed by atoms with van der Waals surface area (Å²) in [4.78, 5) is 9.14. The number of hydrogen-bond donors (Lipinski definition) is 1. The van der Waals surface area contributed by atoms with Crippen molar-refractivity contribution in [1.82, 2.24) is 19.6 Å². The maximum atomic E-state index is 4.76. The number of hydrogen-bond acceptors (Lipinski definition) is 5. The molecule has 0 atom stereocenters. The fourth-order valence-corrected chi connectivity index (χ4v) is 3.60. The second-order valence-corrected chi connectivity index (χ2v) is 6.58. The van der Waals surface area contributed by atoms with Crippen LogP contribution < -0.4 is 5.32 Å². The van der Waals surface area contributed by atoms with E-state index in [1.165, 1.54) is 4.70 Å². The third-order valence-electron chi connectivity index (χ3n) is 4.02. The average molecular weight is 331 g/mol. The van der Waals surface area contributed by atoms with Gasteiger partial charge in [0.2, 0.25) is 0 Å². The van der Waals surface area contributed by atoms with E-state index in [0.717, 1.165) is 39.3 Å². The predicted molar refractivity (Wildman–Crippen MR) is 98.1 cm³/mol. The Morgan fingerprint density at radius 3 is 2.96 bits per heavy atom. The molecule has 5 rings (SSSR count). The standard InChI is InChI=1S/C18H13N5S/c1-11-8-17-21-18(13-4-2-3-5-15(13)23(17)22-11)20-12-6-7-16-14(9-12)19-10-24-16/h2-10H,1H3,(H,20,21). The molecule has 116 valence electrons. The van der Waals surface area contributed by atoms with Crippen molar-refractivity contribution in [2.45, 2.75) is 6.92 Å². The van der Waals surface area contributed by atoms with Gasteiger partial charge < -0.3 is 5.32 Å². The highest BCUT2D eigenvalue weighted by Crippen LogP contribution is 2.28. The van der Waals surface area contributed by atoms with Crippen LogP contribution in [0.15, 0.2) is 54.0 Å². The third-order valence-corrected chi connectivity index (χ3v) is 4.83. The summed E-state index contributed by atoms with van der Waals surface area (Å²) in [6.07, 6.45) is 0. The Hall–Kier alpha value is -2.99. The highest BCUT2D eigenvalue weighted by Gasteiger charge is 2.10. The summed E-state index contributed by atoms with van der Waals surface area (Å²) in [5, 5.41) is 9.02. The van der Waals surface area contributed by atoms with Gasteiger partial charge in [0.25, 0.3) is 0 Å². The lowest BCUT2D eigenvalue weighted by molar-refractivity contribution is 0.957. The lowest BCUT2D eigenvalue weighted by Crippen LogP contribution is -2.00. The fraction of sp³-hybridized carbons (Fsp3) is 0.0556. The van der Waals surface area contributed by atoms with Crippen LogP contribution in [0.4, 0.5) is 11.5 Å². The van der Waals surface area contributed by atoms with Crippen LogP contribution in [0, 0.1) is 6.92 Å². The molecule has 0 amide bonds. The van der Waals surface area contributed by atoms with Gasteiger partial charge in [-0.1, -0.05) is 12.1 Å². The molecule has 5 nitrogen and oxygen atoms in total. The molecule has 0 saturated carbocycles. The van der Waals surface area contributed by atoms with Crippen molar-refractivity contribution in [3.8, 4) is 0 Å². The van der Waals surface area contributed by atoms with Crippen LogP contribution in [-0.2, 0) is 0 Å². The normalized spacial score (nSPS) is 11.5. The van der Waals surface area contributed by atoms with Gasteiger partial charge in [-0.25, -0.2) is 14.5 Å². The van der Waals surface area contributed by atoms with Crippen molar-refractivity contribution in [3.63, 3.8) is 0 Å². The molecule has 0 radical (unpaired) electrons. The Balaban J connectivity index is 1.71. The molecule has 1 N–H and O–H groups in total. The second kappa shape index (κ2) is 5.01. The van der Waals surface area contributed by atoms with E-state index < -0.39 is 0 Å². The highest BCUT2D eigenvalue weighted by atomic mass is 32.1. The van der Waals surface area contributed by atoms with Crippen LogP contribution in [0.3, 0.4) is 0 Å². The monoisotopic (exact) mass is 331 g/mol. The third kappa shape index (κ3) is 2.04. The summed E-state index contributed by atoms with van der Waals surface area (Å²) >= 11 is 1.64. The van der Waals surface area contributed by atoms with Crippen molar-refractivity contribution in [1.29, 1.82) is 0 Å². The molecule has 3 heterocycles. The maximum absolute atomic E-state index is 4.76. The molecule has 0 aliphatic rings. The first-order valence-electron chi connectivity index (χ1n) is 7.63. The Kier molecular flexibility index (Phi) is 2.80. The Morgan fingerprint density at radius 1 is 1.08 bits per heavy atom. The fourth-order valence-electron chi connectivity index (χ4n) is 2.94. The lowest BCUT2D eigenvalue weighted by Gasteiger charge is -2.10. The number of nitrogens with zero attached hydrogens (tertiary/aromatic N) is 4. The van der Waals surface area contributed by atoms with E-state index >= 15 is 0 Å². The molecule has 2 aromatic carbocycles. The molecule has 0 aliphatic heterocycles. The number of thiazole rings is 1. The molecule has 0 aliphatic carbocycles. The molecule has 24 heavy (non-hydrogen) atoms. The largest absolute Gasteiger partial charge is 0.340 e. The van der Waals surface area contributed by atoms with Crippen LogP contribution in [0.25, 0.3) is 26.8 Å². The van der Waals surface area contributed by atoms with Crippen molar-refractivity contribution in [2.24, 2.45) is 0 Å². The molecule has 0 fully saturated rings. The minimum atomic E-state index is 0.826.